The molecule has 1 aromatic carbocycles. The van der Waals surface area contributed by atoms with Crippen LogP contribution < -0.4 is 5.32 Å². The maximum atomic E-state index is 12.0. The zero-order chi connectivity index (χ0) is 16.6. The van der Waals surface area contributed by atoms with Crippen molar-refractivity contribution in [3.05, 3.63) is 35.4 Å². The summed E-state index contributed by atoms with van der Waals surface area (Å²) in [4.78, 5) is 23.1. The number of aliphatic hydroxyl groups is 1. The first-order valence-corrected chi connectivity index (χ1v) is 7.72. The smallest absolute Gasteiger partial charge is 0.335 e. The number of hydrogen-bond acceptors (Lipinski definition) is 3. The molecular formula is C17H25NO4. The van der Waals surface area contributed by atoms with Crippen molar-refractivity contribution in [3.63, 3.8) is 0 Å². The summed E-state index contributed by atoms with van der Waals surface area (Å²) in [6, 6.07) is 6.45. The molecule has 1 aromatic rings. The van der Waals surface area contributed by atoms with E-state index in [0.29, 0.717) is 18.4 Å². The average molecular weight is 307 g/mol. The van der Waals surface area contributed by atoms with E-state index < -0.39 is 11.6 Å². The van der Waals surface area contributed by atoms with Gasteiger partial charge in [-0.15, -0.1) is 0 Å². The molecule has 3 N–H and O–H groups in total. The molecule has 0 radical (unpaired) electrons. The second-order valence-corrected chi connectivity index (χ2v) is 5.64. The molecule has 0 aliphatic rings. The van der Waals surface area contributed by atoms with Crippen LogP contribution in [0, 0.1) is 0 Å². The third-order valence-corrected chi connectivity index (χ3v) is 3.64. The number of rotatable bonds is 9. The minimum Gasteiger partial charge on any atom is -0.478 e. The predicted molar refractivity (Wildman–Crippen MR) is 84.9 cm³/mol. The monoisotopic (exact) mass is 307 g/mol. The molecular weight excluding hydrogens is 282 g/mol. The molecule has 0 fully saturated rings. The lowest BCUT2D eigenvalue weighted by Crippen LogP contribution is -2.43. The van der Waals surface area contributed by atoms with Crippen molar-refractivity contribution in [2.75, 3.05) is 6.54 Å². The first kappa shape index (κ1) is 18.2. The predicted octanol–water partition coefficient (Wildman–Crippen LogP) is 2.37. The minimum absolute atomic E-state index is 0.00317. The van der Waals surface area contributed by atoms with Crippen LogP contribution in [-0.2, 0) is 11.2 Å². The normalized spacial score (nSPS) is 11.2. The van der Waals surface area contributed by atoms with Gasteiger partial charge < -0.3 is 15.5 Å². The highest BCUT2D eigenvalue weighted by Crippen LogP contribution is 2.18. The Balaban J connectivity index is 2.65. The fourth-order valence-electron chi connectivity index (χ4n) is 2.61. The maximum Gasteiger partial charge on any atom is 0.335 e. The van der Waals surface area contributed by atoms with Crippen LogP contribution in [0.4, 0.5) is 0 Å². The summed E-state index contributed by atoms with van der Waals surface area (Å²) in [6.07, 6.45) is 2.94. The fourth-order valence-corrected chi connectivity index (χ4v) is 2.61. The van der Waals surface area contributed by atoms with Gasteiger partial charge in [0, 0.05) is 6.54 Å². The van der Waals surface area contributed by atoms with E-state index >= 15 is 0 Å². The topological polar surface area (TPSA) is 86.6 Å². The number of carboxylic acid groups (broad SMARTS) is 1. The van der Waals surface area contributed by atoms with Crippen molar-refractivity contribution >= 4 is 11.9 Å². The fraction of sp³-hybridized carbons (Fsp3) is 0.529. The Labute approximate surface area is 131 Å². The van der Waals surface area contributed by atoms with Gasteiger partial charge in [0.05, 0.1) is 17.6 Å². The Morgan fingerprint density at radius 2 is 1.73 bits per heavy atom. The molecule has 0 heterocycles. The molecule has 5 heteroatoms. The Morgan fingerprint density at radius 3 is 2.27 bits per heavy atom. The van der Waals surface area contributed by atoms with Gasteiger partial charge in [-0.25, -0.2) is 4.79 Å². The molecule has 0 aliphatic heterocycles. The largest absolute Gasteiger partial charge is 0.478 e. The van der Waals surface area contributed by atoms with Crippen molar-refractivity contribution < 1.29 is 19.8 Å². The van der Waals surface area contributed by atoms with E-state index in [2.05, 4.69) is 5.32 Å². The molecule has 1 amide bonds. The first-order valence-electron chi connectivity index (χ1n) is 7.72. The van der Waals surface area contributed by atoms with Crippen LogP contribution in [0.1, 0.15) is 55.5 Å². The van der Waals surface area contributed by atoms with E-state index in [-0.39, 0.29) is 24.4 Å². The summed E-state index contributed by atoms with van der Waals surface area (Å²) in [5.41, 5.74) is -0.275. The summed E-state index contributed by atoms with van der Waals surface area (Å²) in [5, 5.41) is 22.3. The molecule has 0 bridgehead atoms. The minimum atomic E-state index is -1.04. The molecule has 0 unspecified atom stereocenters. The van der Waals surface area contributed by atoms with Crippen LogP contribution in [0.3, 0.4) is 0 Å². The Hall–Kier alpha value is -1.88. The lowest BCUT2D eigenvalue weighted by atomic mass is 9.92. The van der Waals surface area contributed by atoms with Crippen molar-refractivity contribution in [1.29, 1.82) is 0 Å². The zero-order valence-electron chi connectivity index (χ0n) is 13.3. The van der Waals surface area contributed by atoms with Crippen LogP contribution in [0.25, 0.3) is 0 Å². The highest BCUT2D eigenvalue weighted by molar-refractivity contribution is 5.91. The first-order chi connectivity index (χ1) is 10.4. The molecule has 0 spiro atoms. The van der Waals surface area contributed by atoms with Gasteiger partial charge in [0.2, 0.25) is 5.91 Å². The number of carboxylic acids is 1. The van der Waals surface area contributed by atoms with Gasteiger partial charge in [0.1, 0.15) is 0 Å². The van der Waals surface area contributed by atoms with E-state index in [0.717, 1.165) is 12.8 Å². The summed E-state index contributed by atoms with van der Waals surface area (Å²) < 4.78 is 0. The van der Waals surface area contributed by atoms with Crippen LogP contribution >= 0.6 is 0 Å². The summed E-state index contributed by atoms with van der Waals surface area (Å²) in [7, 11) is 0. The number of amides is 1. The van der Waals surface area contributed by atoms with Crippen LogP contribution in [-0.4, -0.2) is 34.2 Å². The van der Waals surface area contributed by atoms with Crippen molar-refractivity contribution in [2.24, 2.45) is 0 Å². The number of benzene rings is 1. The van der Waals surface area contributed by atoms with Gasteiger partial charge in [-0.05, 0) is 24.5 Å². The Kier molecular flexibility index (Phi) is 7.05. The van der Waals surface area contributed by atoms with Gasteiger partial charge in [0.25, 0.3) is 0 Å². The van der Waals surface area contributed by atoms with Crippen LogP contribution in [0.5, 0.6) is 0 Å². The quantitative estimate of drug-likeness (QED) is 0.653. The Bertz CT molecular complexity index is 507. The average Bonchev–Trinajstić information content (AvgIpc) is 2.46. The molecule has 0 aromatic heterocycles. The summed E-state index contributed by atoms with van der Waals surface area (Å²) >= 11 is 0. The third-order valence-electron chi connectivity index (χ3n) is 3.64. The second kappa shape index (κ2) is 8.54. The molecule has 0 saturated heterocycles. The molecule has 0 atom stereocenters. The van der Waals surface area contributed by atoms with E-state index in [4.69, 9.17) is 5.11 Å². The molecule has 1 rings (SSSR count). The molecule has 5 nitrogen and oxygen atoms in total. The SMILES string of the molecule is CCCC(O)(CCC)CNC(=O)Cc1ccccc1C(=O)O. The van der Waals surface area contributed by atoms with Gasteiger partial charge >= 0.3 is 5.97 Å². The van der Waals surface area contributed by atoms with Crippen LogP contribution in [0.2, 0.25) is 0 Å². The number of hydrogen-bond donors (Lipinski definition) is 3. The highest BCUT2D eigenvalue weighted by atomic mass is 16.4. The van der Waals surface area contributed by atoms with Gasteiger partial charge in [-0.3, -0.25) is 4.79 Å². The summed E-state index contributed by atoms with van der Waals surface area (Å²) in [6.45, 7) is 4.18. The number of carbonyl (C=O) groups is 2. The lowest BCUT2D eigenvalue weighted by molar-refractivity contribution is -0.121. The Morgan fingerprint density at radius 1 is 1.14 bits per heavy atom. The lowest BCUT2D eigenvalue weighted by Gasteiger charge is -2.27. The third kappa shape index (κ3) is 5.48. The molecule has 0 aliphatic carbocycles. The van der Waals surface area contributed by atoms with Gasteiger partial charge in [-0.1, -0.05) is 44.9 Å². The van der Waals surface area contributed by atoms with Gasteiger partial charge in [-0.2, -0.15) is 0 Å². The number of nitrogens with one attached hydrogen (secondary N) is 1. The highest BCUT2D eigenvalue weighted by Gasteiger charge is 2.25. The standard InChI is InChI=1S/C17H25NO4/c1-3-9-17(22,10-4-2)12-18-15(19)11-13-7-5-6-8-14(13)16(20)21/h5-8,22H,3-4,9-12H2,1-2H3,(H,18,19)(H,20,21). The van der Waals surface area contributed by atoms with Crippen molar-refractivity contribution in [2.45, 2.75) is 51.6 Å². The van der Waals surface area contributed by atoms with E-state index in [1.807, 2.05) is 13.8 Å². The van der Waals surface area contributed by atoms with Crippen LogP contribution in [0.15, 0.2) is 24.3 Å². The van der Waals surface area contributed by atoms with Crippen molar-refractivity contribution in [3.8, 4) is 0 Å². The number of carbonyl (C=O) groups excluding carboxylic acids is 1. The molecule has 0 saturated carbocycles. The van der Waals surface area contributed by atoms with E-state index in [1.165, 1.54) is 6.07 Å². The zero-order valence-corrected chi connectivity index (χ0v) is 13.3. The van der Waals surface area contributed by atoms with Crippen molar-refractivity contribution in [1.82, 2.24) is 5.32 Å². The summed E-state index contributed by atoms with van der Waals surface area (Å²) in [5.74, 6) is -1.32. The number of aromatic carboxylic acids is 1. The maximum absolute atomic E-state index is 12.0. The van der Waals surface area contributed by atoms with E-state index in [1.54, 1.807) is 18.2 Å². The second-order valence-electron chi connectivity index (χ2n) is 5.64. The van der Waals surface area contributed by atoms with E-state index in [9.17, 15) is 14.7 Å². The molecule has 22 heavy (non-hydrogen) atoms. The molecule has 122 valence electrons. The van der Waals surface area contributed by atoms with Gasteiger partial charge in [0.15, 0.2) is 0 Å².